The molecule has 0 spiro atoms. The Labute approximate surface area is 144 Å². The van der Waals surface area contributed by atoms with E-state index in [2.05, 4.69) is 37.4 Å². The third-order valence-corrected chi connectivity index (χ3v) is 5.02. The van der Waals surface area contributed by atoms with Crippen LogP contribution in [0.5, 0.6) is 0 Å². The fraction of sp³-hybridized carbons (Fsp3) is 0.778. The molecule has 1 aliphatic heterocycles. The lowest BCUT2D eigenvalue weighted by atomic mass is 10.1. The molecule has 1 aromatic rings. The highest BCUT2D eigenvalue weighted by molar-refractivity contribution is 5.75. The summed E-state index contributed by atoms with van der Waals surface area (Å²) in [5.74, 6) is 0.622. The second kappa shape index (κ2) is 6.39. The normalized spacial score (nSPS) is 23.2. The topological polar surface area (TPSA) is 59.4 Å². The molecular formula is C18H30N4O2. The Balaban J connectivity index is 1.68. The van der Waals surface area contributed by atoms with Crippen molar-refractivity contribution in [3.63, 3.8) is 0 Å². The Bertz CT molecular complexity index is 601. The largest absolute Gasteiger partial charge is 0.377 e. The molecule has 2 heterocycles. The van der Waals surface area contributed by atoms with E-state index in [4.69, 9.17) is 4.74 Å². The van der Waals surface area contributed by atoms with Gasteiger partial charge in [0, 0.05) is 18.3 Å². The second-order valence-corrected chi connectivity index (χ2v) is 8.13. The zero-order valence-corrected chi connectivity index (χ0v) is 15.5. The van der Waals surface area contributed by atoms with Crippen molar-refractivity contribution in [2.75, 3.05) is 19.8 Å². The number of amides is 2. The van der Waals surface area contributed by atoms with Crippen molar-refractivity contribution in [1.29, 1.82) is 0 Å². The van der Waals surface area contributed by atoms with E-state index in [9.17, 15) is 4.79 Å². The van der Waals surface area contributed by atoms with Gasteiger partial charge in [-0.1, -0.05) is 0 Å². The molecule has 2 amide bonds. The van der Waals surface area contributed by atoms with Crippen LogP contribution in [0.15, 0.2) is 6.20 Å². The minimum absolute atomic E-state index is 0.0191. The number of ether oxygens (including phenoxy) is 1. The summed E-state index contributed by atoms with van der Waals surface area (Å²) in [6, 6.07) is 0.200. The summed E-state index contributed by atoms with van der Waals surface area (Å²) in [4.78, 5) is 14.7. The van der Waals surface area contributed by atoms with Gasteiger partial charge in [0.15, 0.2) is 0 Å². The summed E-state index contributed by atoms with van der Waals surface area (Å²) in [5, 5.41) is 7.77. The molecule has 2 aliphatic rings. The summed E-state index contributed by atoms with van der Waals surface area (Å²) in [5.41, 5.74) is 1.99. The van der Waals surface area contributed by atoms with Crippen molar-refractivity contribution in [1.82, 2.24) is 20.0 Å². The first-order valence-corrected chi connectivity index (χ1v) is 8.99. The van der Waals surface area contributed by atoms with Crippen LogP contribution in [0, 0.1) is 12.8 Å². The van der Waals surface area contributed by atoms with E-state index >= 15 is 0 Å². The van der Waals surface area contributed by atoms with E-state index in [-0.39, 0.29) is 23.7 Å². The summed E-state index contributed by atoms with van der Waals surface area (Å²) in [7, 11) is 0. The van der Waals surface area contributed by atoms with Crippen molar-refractivity contribution in [3.8, 4) is 0 Å². The first-order chi connectivity index (χ1) is 11.3. The lowest BCUT2D eigenvalue weighted by Gasteiger charge is -2.36. The van der Waals surface area contributed by atoms with Gasteiger partial charge in [-0.2, -0.15) is 5.10 Å². The second-order valence-electron chi connectivity index (χ2n) is 8.13. The molecule has 0 aromatic carbocycles. The minimum atomic E-state index is -0.0615. The number of aromatic nitrogens is 2. The van der Waals surface area contributed by atoms with Gasteiger partial charge >= 0.3 is 6.03 Å². The molecule has 6 nitrogen and oxygen atoms in total. The Kier molecular flexibility index (Phi) is 4.60. The smallest absolute Gasteiger partial charge is 0.318 e. The zero-order chi connectivity index (χ0) is 17.5. The van der Waals surface area contributed by atoms with Crippen LogP contribution in [-0.4, -0.2) is 46.5 Å². The van der Waals surface area contributed by atoms with Crippen molar-refractivity contribution in [2.24, 2.45) is 5.92 Å². The van der Waals surface area contributed by atoms with E-state index in [0.717, 1.165) is 11.3 Å². The molecule has 0 radical (unpaired) electrons. The number of carbonyl (C=O) groups is 1. The highest BCUT2D eigenvalue weighted by atomic mass is 16.5. The number of rotatable bonds is 3. The van der Waals surface area contributed by atoms with Gasteiger partial charge in [0.05, 0.1) is 36.5 Å². The molecule has 1 aliphatic carbocycles. The molecule has 1 aromatic heterocycles. The van der Waals surface area contributed by atoms with Gasteiger partial charge in [-0.05, 0) is 53.4 Å². The van der Waals surface area contributed by atoms with Crippen LogP contribution in [0.3, 0.4) is 0 Å². The fourth-order valence-electron chi connectivity index (χ4n) is 3.33. The van der Waals surface area contributed by atoms with Crippen LogP contribution in [0.4, 0.5) is 4.79 Å². The molecule has 3 rings (SSSR count). The lowest BCUT2D eigenvalue weighted by Crippen LogP contribution is -2.53. The Hall–Kier alpha value is -1.56. The number of nitrogens with zero attached hydrogens (tertiary/aromatic N) is 3. The third-order valence-electron chi connectivity index (χ3n) is 5.02. The molecule has 1 N–H and O–H groups in total. The third kappa shape index (κ3) is 3.58. The standard InChI is InChI=1S/C18H30N4O2/c1-12(15-10-22(18(3,4)5)20-13(15)2)19-17(23)21-8-9-24-11-16(21)14-6-7-14/h10,12,14,16H,6-9,11H2,1-5H3,(H,19,23). The molecule has 2 unspecified atom stereocenters. The first kappa shape index (κ1) is 17.3. The average Bonchev–Trinajstić information content (AvgIpc) is 3.28. The molecule has 2 fully saturated rings. The summed E-state index contributed by atoms with van der Waals surface area (Å²) in [6.45, 7) is 12.4. The average molecular weight is 334 g/mol. The first-order valence-electron chi connectivity index (χ1n) is 8.99. The number of morpholine rings is 1. The van der Waals surface area contributed by atoms with Gasteiger partial charge in [0.2, 0.25) is 0 Å². The van der Waals surface area contributed by atoms with E-state index in [1.807, 2.05) is 23.4 Å². The van der Waals surface area contributed by atoms with E-state index in [0.29, 0.717) is 25.7 Å². The van der Waals surface area contributed by atoms with Crippen molar-refractivity contribution in [3.05, 3.63) is 17.5 Å². The number of hydrogen-bond donors (Lipinski definition) is 1. The number of aryl methyl sites for hydroxylation is 1. The van der Waals surface area contributed by atoms with Crippen LogP contribution in [0.25, 0.3) is 0 Å². The lowest BCUT2D eigenvalue weighted by molar-refractivity contribution is 0.00421. The van der Waals surface area contributed by atoms with Crippen LogP contribution in [-0.2, 0) is 10.3 Å². The number of urea groups is 1. The molecule has 1 saturated heterocycles. The van der Waals surface area contributed by atoms with Gasteiger partial charge < -0.3 is 15.0 Å². The molecule has 1 saturated carbocycles. The molecule has 134 valence electrons. The van der Waals surface area contributed by atoms with Crippen LogP contribution in [0.1, 0.15) is 57.8 Å². The number of nitrogens with one attached hydrogen (secondary N) is 1. The summed E-state index contributed by atoms with van der Waals surface area (Å²) >= 11 is 0. The van der Waals surface area contributed by atoms with Gasteiger partial charge in [0.1, 0.15) is 0 Å². The summed E-state index contributed by atoms with van der Waals surface area (Å²) in [6.07, 6.45) is 4.48. The highest BCUT2D eigenvalue weighted by Crippen LogP contribution is 2.36. The Morgan fingerprint density at radius 3 is 2.71 bits per heavy atom. The van der Waals surface area contributed by atoms with E-state index < -0.39 is 0 Å². The van der Waals surface area contributed by atoms with Gasteiger partial charge in [-0.15, -0.1) is 0 Å². The number of hydrogen-bond acceptors (Lipinski definition) is 3. The minimum Gasteiger partial charge on any atom is -0.377 e. The van der Waals surface area contributed by atoms with E-state index in [1.54, 1.807) is 0 Å². The quantitative estimate of drug-likeness (QED) is 0.925. The van der Waals surface area contributed by atoms with Gasteiger partial charge in [0.25, 0.3) is 0 Å². The molecule has 6 heteroatoms. The molecule has 2 atom stereocenters. The molecule has 24 heavy (non-hydrogen) atoms. The maximum absolute atomic E-state index is 12.8. The van der Waals surface area contributed by atoms with Crippen LogP contribution in [0.2, 0.25) is 0 Å². The summed E-state index contributed by atoms with van der Waals surface area (Å²) < 4.78 is 7.55. The maximum atomic E-state index is 12.8. The molecule has 0 bridgehead atoms. The van der Waals surface area contributed by atoms with Crippen LogP contribution >= 0.6 is 0 Å². The Morgan fingerprint density at radius 2 is 2.12 bits per heavy atom. The Morgan fingerprint density at radius 1 is 1.42 bits per heavy atom. The fourth-order valence-corrected chi connectivity index (χ4v) is 3.33. The van der Waals surface area contributed by atoms with Crippen molar-refractivity contribution < 1.29 is 9.53 Å². The monoisotopic (exact) mass is 334 g/mol. The van der Waals surface area contributed by atoms with Crippen molar-refractivity contribution >= 4 is 6.03 Å². The number of carbonyl (C=O) groups excluding carboxylic acids is 1. The van der Waals surface area contributed by atoms with Gasteiger partial charge in [-0.3, -0.25) is 4.68 Å². The molecular weight excluding hydrogens is 304 g/mol. The predicted octanol–water partition coefficient (Wildman–Crippen LogP) is 2.83. The SMILES string of the molecule is Cc1nn(C(C)(C)C)cc1C(C)NC(=O)N1CCOCC1C1CC1. The van der Waals surface area contributed by atoms with Gasteiger partial charge in [-0.25, -0.2) is 4.79 Å². The van der Waals surface area contributed by atoms with Crippen molar-refractivity contribution in [2.45, 2.75) is 65.1 Å². The highest BCUT2D eigenvalue weighted by Gasteiger charge is 2.39. The zero-order valence-electron chi connectivity index (χ0n) is 15.5. The van der Waals surface area contributed by atoms with Crippen LogP contribution < -0.4 is 5.32 Å². The predicted molar refractivity (Wildman–Crippen MR) is 92.9 cm³/mol. The maximum Gasteiger partial charge on any atom is 0.318 e. The van der Waals surface area contributed by atoms with E-state index in [1.165, 1.54) is 12.8 Å².